The van der Waals surface area contributed by atoms with Crippen LogP contribution in [0, 0.1) is 6.92 Å². The summed E-state index contributed by atoms with van der Waals surface area (Å²) in [6.45, 7) is 1.99. The molecule has 0 bridgehead atoms. The van der Waals surface area contributed by atoms with Crippen LogP contribution in [0.4, 0.5) is 0 Å². The van der Waals surface area contributed by atoms with Gasteiger partial charge in [0, 0.05) is 11.1 Å². The number of halogens is 1. The number of para-hydroxylation sites is 2. The number of alkyl halides is 1. The average molecular weight is 288 g/mol. The van der Waals surface area contributed by atoms with E-state index < -0.39 is 0 Å². The number of ether oxygens (including phenoxy) is 1. The van der Waals surface area contributed by atoms with E-state index in [1.807, 2.05) is 49.4 Å². The van der Waals surface area contributed by atoms with Crippen molar-refractivity contribution in [3.05, 3.63) is 59.2 Å². The zero-order valence-electron chi connectivity index (χ0n) is 11.0. The number of amides is 1. The van der Waals surface area contributed by atoms with Gasteiger partial charge in [-0.15, -0.1) is 11.6 Å². The second-order valence-electron chi connectivity index (χ2n) is 4.77. The number of fused-ring (bicyclic) bond motifs is 2. The fourth-order valence-corrected chi connectivity index (χ4v) is 2.56. The molecule has 0 saturated carbocycles. The van der Waals surface area contributed by atoms with Gasteiger partial charge in [-0.25, -0.2) is 0 Å². The van der Waals surface area contributed by atoms with Gasteiger partial charge in [-0.2, -0.15) is 0 Å². The highest BCUT2D eigenvalue weighted by Gasteiger charge is 2.28. The number of aryl methyl sites for hydroxylation is 1. The van der Waals surface area contributed by atoms with E-state index in [2.05, 4.69) is 5.32 Å². The van der Waals surface area contributed by atoms with Crippen LogP contribution in [0.1, 0.15) is 22.7 Å². The monoisotopic (exact) mass is 287 g/mol. The largest absolute Gasteiger partial charge is 0.456 e. The SMILES string of the molecule is Cc1cccc2c1Oc1ccccc1C2NC(=O)CCl. The number of benzene rings is 2. The molecule has 2 aromatic carbocycles. The second kappa shape index (κ2) is 5.17. The zero-order valence-corrected chi connectivity index (χ0v) is 11.8. The molecule has 20 heavy (non-hydrogen) atoms. The van der Waals surface area contributed by atoms with Crippen LogP contribution in [0.25, 0.3) is 0 Å². The predicted molar refractivity (Wildman–Crippen MR) is 78.4 cm³/mol. The first-order valence-corrected chi connectivity index (χ1v) is 6.96. The van der Waals surface area contributed by atoms with Gasteiger partial charge in [0.15, 0.2) is 0 Å². The molecule has 0 aliphatic carbocycles. The molecular formula is C16H14ClNO2. The van der Waals surface area contributed by atoms with Crippen molar-refractivity contribution in [2.24, 2.45) is 0 Å². The molecule has 102 valence electrons. The number of nitrogens with one attached hydrogen (secondary N) is 1. The fraction of sp³-hybridized carbons (Fsp3) is 0.188. The van der Waals surface area contributed by atoms with Gasteiger partial charge >= 0.3 is 0 Å². The first-order chi connectivity index (χ1) is 9.70. The highest BCUT2D eigenvalue weighted by atomic mass is 35.5. The van der Waals surface area contributed by atoms with E-state index in [-0.39, 0.29) is 17.8 Å². The normalized spacial score (nSPS) is 15.8. The van der Waals surface area contributed by atoms with Gasteiger partial charge in [-0.1, -0.05) is 36.4 Å². The van der Waals surface area contributed by atoms with E-state index in [9.17, 15) is 4.79 Å². The summed E-state index contributed by atoms with van der Waals surface area (Å²) in [5, 5.41) is 2.96. The van der Waals surface area contributed by atoms with Crippen molar-refractivity contribution in [2.75, 3.05) is 5.88 Å². The average Bonchev–Trinajstić information content (AvgIpc) is 2.48. The molecule has 1 N–H and O–H groups in total. The van der Waals surface area contributed by atoms with Crippen LogP contribution in [-0.2, 0) is 4.79 Å². The Kier molecular flexibility index (Phi) is 3.36. The van der Waals surface area contributed by atoms with Crippen LogP contribution in [0.5, 0.6) is 11.5 Å². The lowest BCUT2D eigenvalue weighted by molar-refractivity contribution is -0.119. The number of carbonyl (C=O) groups excluding carboxylic acids is 1. The first kappa shape index (κ1) is 13.0. The number of rotatable bonds is 2. The van der Waals surface area contributed by atoms with E-state index in [1.165, 1.54) is 0 Å². The van der Waals surface area contributed by atoms with Crippen LogP contribution in [0.2, 0.25) is 0 Å². The number of hydrogen-bond acceptors (Lipinski definition) is 2. The van der Waals surface area contributed by atoms with Crippen LogP contribution >= 0.6 is 11.6 Å². The lowest BCUT2D eigenvalue weighted by Crippen LogP contribution is -2.32. The molecule has 0 saturated heterocycles. The Hall–Kier alpha value is -2.00. The van der Waals surface area contributed by atoms with Crippen molar-refractivity contribution in [3.8, 4) is 11.5 Å². The van der Waals surface area contributed by atoms with Gasteiger partial charge in [-0.05, 0) is 18.6 Å². The Morgan fingerprint density at radius 3 is 2.75 bits per heavy atom. The minimum Gasteiger partial charge on any atom is -0.456 e. The molecule has 1 aliphatic heterocycles. The minimum absolute atomic E-state index is 0.0549. The Labute approximate surface area is 122 Å². The molecular weight excluding hydrogens is 274 g/mol. The van der Waals surface area contributed by atoms with Gasteiger partial charge in [0.25, 0.3) is 0 Å². The third-order valence-electron chi connectivity index (χ3n) is 3.42. The molecule has 2 aromatic rings. The van der Waals surface area contributed by atoms with E-state index in [0.717, 1.165) is 28.2 Å². The van der Waals surface area contributed by atoms with Crippen LogP contribution in [-0.4, -0.2) is 11.8 Å². The lowest BCUT2D eigenvalue weighted by atomic mass is 9.93. The molecule has 3 rings (SSSR count). The van der Waals surface area contributed by atoms with Crippen LogP contribution < -0.4 is 10.1 Å². The van der Waals surface area contributed by atoms with E-state index in [4.69, 9.17) is 16.3 Å². The summed E-state index contributed by atoms with van der Waals surface area (Å²) in [6, 6.07) is 13.4. The van der Waals surface area contributed by atoms with Crippen molar-refractivity contribution in [2.45, 2.75) is 13.0 Å². The van der Waals surface area contributed by atoms with Crippen molar-refractivity contribution in [3.63, 3.8) is 0 Å². The van der Waals surface area contributed by atoms with Gasteiger partial charge in [0.2, 0.25) is 5.91 Å². The molecule has 1 amide bonds. The molecule has 1 atom stereocenters. The number of hydrogen-bond donors (Lipinski definition) is 1. The summed E-state index contributed by atoms with van der Waals surface area (Å²) >= 11 is 5.61. The molecule has 1 unspecified atom stereocenters. The van der Waals surface area contributed by atoms with E-state index in [1.54, 1.807) is 0 Å². The maximum absolute atomic E-state index is 11.7. The van der Waals surface area contributed by atoms with Crippen LogP contribution in [0.15, 0.2) is 42.5 Å². The Balaban J connectivity index is 2.13. The van der Waals surface area contributed by atoms with Gasteiger partial charge in [-0.3, -0.25) is 4.79 Å². The highest BCUT2D eigenvalue weighted by molar-refractivity contribution is 6.27. The lowest BCUT2D eigenvalue weighted by Gasteiger charge is -2.29. The molecule has 1 aliphatic rings. The van der Waals surface area contributed by atoms with Crippen molar-refractivity contribution >= 4 is 17.5 Å². The third kappa shape index (κ3) is 2.14. The Morgan fingerprint density at radius 1 is 1.20 bits per heavy atom. The summed E-state index contributed by atoms with van der Waals surface area (Å²) in [7, 11) is 0. The smallest absolute Gasteiger partial charge is 0.235 e. The highest BCUT2D eigenvalue weighted by Crippen LogP contribution is 2.44. The maximum atomic E-state index is 11.7. The van der Waals surface area contributed by atoms with Crippen LogP contribution in [0.3, 0.4) is 0 Å². The molecule has 1 heterocycles. The molecule has 0 spiro atoms. The topological polar surface area (TPSA) is 38.3 Å². The van der Waals surface area contributed by atoms with E-state index >= 15 is 0 Å². The third-order valence-corrected chi connectivity index (χ3v) is 3.66. The van der Waals surface area contributed by atoms with Crippen molar-refractivity contribution < 1.29 is 9.53 Å². The van der Waals surface area contributed by atoms with Crippen molar-refractivity contribution in [1.29, 1.82) is 0 Å². The molecule has 3 nitrogen and oxygen atoms in total. The second-order valence-corrected chi connectivity index (χ2v) is 5.03. The summed E-state index contributed by atoms with van der Waals surface area (Å²) in [4.78, 5) is 11.7. The summed E-state index contributed by atoms with van der Waals surface area (Å²) in [5.41, 5.74) is 2.95. The standard InChI is InChI=1S/C16H14ClNO2/c1-10-5-4-7-12-15(18-14(19)9-17)11-6-2-3-8-13(11)20-16(10)12/h2-8,15H,9H2,1H3,(H,18,19). The Morgan fingerprint density at radius 2 is 1.95 bits per heavy atom. The molecule has 0 fully saturated rings. The van der Waals surface area contributed by atoms with Crippen molar-refractivity contribution in [1.82, 2.24) is 5.32 Å². The maximum Gasteiger partial charge on any atom is 0.235 e. The fourth-order valence-electron chi connectivity index (χ4n) is 2.49. The molecule has 0 aromatic heterocycles. The molecule has 0 radical (unpaired) electrons. The predicted octanol–water partition coefficient (Wildman–Crippen LogP) is 3.55. The Bertz CT molecular complexity index is 669. The molecule has 4 heteroatoms. The van der Waals surface area contributed by atoms with Gasteiger partial charge in [0.05, 0.1) is 6.04 Å². The zero-order chi connectivity index (χ0) is 14.1. The quantitative estimate of drug-likeness (QED) is 0.858. The summed E-state index contributed by atoms with van der Waals surface area (Å²) in [5.74, 6) is 1.33. The minimum atomic E-state index is -0.221. The summed E-state index contributed by atoms with van der Waals surface area (Å²) in [6.07, 6.45) is 0. The van der Waals surface area contributed by atoms with Gasteiger partial charge < -0.3 is 10.1 Å². The number of carbonyl (C=O) groups is 1. The first-order valence-electron chi connectivity index (χ1n) is 6.42. The van der Waals surface area contributed by atoms with Gasteiger partial charge in [0.1, 0.15) is 17.4 Å². The van der Waals surface area contributed by atoms with E-state index in [0.29, 0.717) is 0 Å². The summed E-state index contributed by atoms with van der Waals surface area (Å²) < 4.78 is 5.97.